The number of para-hydroxylation sites is 1. The number of hydrogen-bond donors (Lipinski definition) is 1. The van der Waals surface area contributed by atoms with Gasteiger partial charge < -0.3 is 24.6 Å². The number of anilines is 2. The summed E-state index contributed by atoms with van der Waals surface area (Å²) in [4.78, 5) is 33.6. The predicted molar refractivity (Wildman–Crippen MR) is 128 cm³/mol. The predicted octanol–water partition coefficient (Wildman–Crippen LogP) is 1.93. The molecule has 1 amide bonds. The number of imidazole rings is 1. The van der Waals surface area contributed by atoms with Crippen LogP contribution in [0.2, 0.25) is 0 Å². The fourth-order valence-electron chi connectivity index (χ4n) is 4.43. The number of benzene rings is 1. The summed E-state index contributed by atoms with van der Waals surface area (Å²) in [6.07, 6.45) is -2.21. The molecule has 0 aliphatic carbocycles. The molecule has 0 bridgehead atoms. The SMILES string of the molecule is COc1cccc2c1nc(C(F)F)n2-c1nc(N2CCOCC2)nc(N2CC[C@@H](NC(=O)CCl)C2)n1. The van der Waals surface area contributed by atoms with Gasteiger partial charge in [0.25, 0.3) is 6.43 Å². The topological polar surface area (TPSA) is 111 Å². The number of nitrogens with zero attached hydrogens (tertiary/aromatic N) is 7. The third-order valence-electron chi connectivity index (χ3n) is 6.14. The van der Waals surface area contributed by atoms with Crippen LogP contribution in [0.1, 0.15) is 18.7 Å². The first kappa shape index (κ1) is 24.4. The van der Waals surface area contributed by atoms with Crippen LogP contribution < -0.4 is 19.9 Å². The van der Waals surface area contributed by atoms with Crippen LogP contribution in [0, 0.1) is 0 Å². The summed E-state index contributed by atoms with van der Waals surface area (Å²) in [5.41, 5.74) is 0.679. The Hall–Kier alpha value is -3.32. The molecular formula is C22H25ClF2N8O3. The van der Waals surface area contributed by atoms with Gasteiger partial charge in [0.05, 0.1) is 25.8 Å². The van der Waals surface area contributed by atoms with Crippen LogP contribution in [0.5, 0.6) is 5.75 Å². The van der Waals surface area contributed by atoms with E-state index in [-0.39, 0.29) is 29.3 Å². The van der Waals surface area contributed by atoms with E-state index in [9.17, 15) is 13.6 Å². The van der Waals surface area contributed by atoms with Crippen LogP contribution in [0.25, 0.3) is 17.0 Å². The molecule has 192 valence electrons. The Kier molecular flexibility index (Phi) is 7.01. The lowest BCUT2D eigenvalue weighted by molar-refractivity contribution is -0.119. The zero-order chi connectivity index (χ0) is 25.2. The summed E-state index contributed by atoms with van der Waals surface area (Å²) < 4.78 is 40.4. The van der Waals surface area contributed by atoms with Gasteiger partial charge in [-0.3, -0.25) is 9.36 Å². The molecule has 4 heterocycles. The molecule has 1 aromatic carbocycles. The highest BCUT2D eigenvalue weighted by Gasteiger charge is 2.30. The number of halogens is 3. The lowest BCUT2D eigenvalue weighted by atomic mass is 10.3. The normalized spacial score (nSPS) is 18.3. The number of hydrogen-bond acceptors (Lipinski definition) is 9. The highest BCUT2D eigenvalue weighted by molar-refractivity contribution is 6.27. The lowest BCUT2D eigenvalue weighted by Crippen LogP contribution is -2.39. The number of carbonyl (C=O) groups is 1. The number of methoxy groups -OCH3 is 1. The Morgan fingerprint density at radius 2 is 1.86 bits per heavy atom. The third kappa shape index (κ3) is 4.72. The van der Waals surface area contributed by atoms with Crippen molar-refractivity contribution in [2.75, 3.05) is 62.2 Å². The second-order valence-electron chi connectivity index (χ2n) is 8.40. The van der Waals surface area contributed by atoms with Gasteiger partial charge in [-0.15, -0.1) is 11.6 Å². The average molecular weight is 523 g/mol. The maximum Gasteiger partial charge on any atom is 0.296 e. The van der Waals surface area contributed by atoms with E-state index in [0.717, 1.165) is 0 Å². The molecule has 2 aliphatic heterocycles. The summed E-state index contributed by atoms with van der Waals surface area (Å²) in [7, 11) is 1.46. The Bertz CT molecular complexity index is 1250. The number of alkyl halides is 3. The highest BCUT2D eigenvalue weighted by atomic mass is 35.5. The van der Waals surface area contributed by atoms with Crippen molar-refractivity contribution in [3.63, 3.8) is 0 Å². The minimum atomic E-state index is -2.88. The van der Waals surface area contributed by atoms with Crippen LogP contribution >= 0.6 is 11.6 Å². The Labute approximate surface area is 210 Å². The van der Waals surface area contributed by atoms with E-state index in [0.29, 0.717) is 69.0 Å². The van der Waals surface area contributed by atoms with Gasteiger partial charge >= 0.3 is 0 Å². The van der Waals surface area contributed by atoms with Crippen LogP contribution in [-0.4, -0.2) is 88.8 Å². The zero-order valence-corrected chi connectivity index (χ0v) is 20.3. The zero-order valence-electron chi connectivity index (χ0n) is 19.5. The molecule has 36 heavy (non-hydrogen) atoms. The third-order valence-corrected chi connectivity index (χ3v) is 6.38. The fourth-order valence-corrected chi connectivity index (χ4v) is 4.51. The second kappa shape index (κ2) is 10.3. The number of carbonyl (C=O) groups excluding carboxylic acids is 1. The van der Waals surface area contributed by atoms with Crippen molar-refractivity contribution in [3.8, 4) is 11.7 Å². The molecule has 11 nitrogen and oxygen atoms in total. The van der Waals surface area contributed by atoms with E-state index in [1.807, 2.05) is 9.80 Å². The van der Waals surface area contributed by atoms with E-state index < -0.39 is 12.2 Å². The minimum absolute atomic E-state index is 0.0285. The molecule has 2 saturated heterocycles. The fraction of sp³-hybridized carbons (Fsp3) is 0.500. The van der Waals surface area contributed by atoms with Crippen LogP contribution in [0.4, 0.5) is 20.7 Å². The van der Waals surface area contributed by atoms with Crippen molar-refractivity contribution in [2.45, 2.75) is 18.9 Å². The molecule has 0 spiro atoms. The molecular weight excluding hydrogens is 498 g/mol. The van der Waals surface area contributed by atoms with Gasteiger partial charge in [0.1, 0.15) is 17.1 Å². The Balaban J connectivity index is 1.61. The summed E-state index contributed by atoms with van der Waals surface area (Å²) >= 11 is 5.62. The van der Waals surface area contributed by atoms with Gasteiger partial charge in [0, 0.05) is 32.2 Å². The van der Waals surface area contributed by atoms with Crippen molar-refractivity contribution >= 4 is 40.4 Å². The quantitative estimate of drug-likeness (QED) is 0.465. The maximum absolute atomic E-state index is 14.2. The van der Waals surface area contributed by atoms with Gasteiger partial charge in [-0.1, -0.05) is 6.07 Å². The van der Waals surface area contributed by atoms with Crippen molar-refractivity contribution < 1.29 is 23.0 Å². The first-order chi connectivity index (χ1) is 17.5. The molecule has 2 aromatic heterocycles. The number of nitrogens with one attached hydrogen (secondary N) is 1. The molecule has 1 atom stereocenters. The largest absolute Gasteiger partial charge is 0.494 e. The summed E-state index contributed by atoms with van der Waals surface area (Å²) in [5.74, 6) is 0.211. The Morgan fingerprint density at radius 3 is 2.56 bits per heavy atom. The molecule has 2 fully saturated rings. The smallest absolute Gasteiger partial charge is 0.296 e. The van der Waals surface area contributed by atoms with Gasteiger partial charge in [-0.2, -0.15) is 15.0 Å². The van der Waals surface area contributed by atoms with E-state index in [1.165, 1.54) is 11.7 Å². The molecule has 0 saturated carbocycles. The summed E-state index contributed by atoms with van der Waals surface area (Å²) in [6, 6.07) is 4.90. The molecule has 0 unspecified atom stereocenters. The number of fused-ring (bicyclic) bond motifs is 1. The first-order valence-corrected chi connectivity index (χ1v) is 12.0. The number of aromatic nitrogens is 5. The molecule has 5 rings (SSSR count). The molecule has 14 heteroatoms. The number of amides is 1. The summed E-state index contributed by atoms with van der Waals surface area (Å²) in [6.45, 7) is 3.13. The van der Waals surface area contributed by atoms with E-state index in [1.54, 1.807) is 18.2 Å². The van der Waals surface area contributed by atoms with E-state index >= 15 is 0 Å². The Morgan fingerprint density at radius 1 is 1.14 bits per heavy atom. The number of morpholine rings is 1. The number of rotatable bonds is 7. The highest BCUT2D eigenvalue weighted by Crippen LogP contribution is 2.32. The van der Waals surface area contributed by atoms with Gasteiger partial charge in [-0.05, 0) is 18.6 Å². The minimum Gasteiger partial charge on any atom is -0.494 e. The first-order valence-electron chi connectivity index (χ1n) is 11.5. The van der Waals surface area contributed by atoms with E-state index in [4.69, 9.17) is 21.1 Å². The average Bonchev–Trinajstić information content (AvgIpc) is 3.54. The van der Waals surface area contributed by atoms with Crippen LogP contribution in [-0.2, 0) is 9.53 Å². The van der Waals surface area contributed by atoms with Crippen LogP contribution in [0.3, 0.4) is 0 Å². The summed E-state index contributed by atoms with van der Waals surface area (Å²) in [5, 5.41) is 2.87. The monoisotopic (exact) mass is 522 g/mol. The van der Waals surface area contributed by atoms with Crippen molar-refractivity contribution in [1.29, 1.82) is 0 Å². The van der Waals surface area contributed by atoms with Gasteiger partial charge in [0.15, 0.2) is 5.82 Å². The maximum atomic E-state index is 14.2. The van der Waals surface area contributed by atoms with Crippen molar-refractivity contribution in [3.05, 3.63) is 24.0 Å². The molecule has 2 aliphatic rings. The molecule has 3 aromatic rings. The van der Waals surface area contributed by atoms with Gasteiger partial charge in [0.2, 0.25) is 23.8 Å². The molecule has 0 radical (unpaired) electrons. The van der Waals surface area contributed by atoms with Crippen molar-refractivity contribution in [1.82, 2.24) is 29.8 Å². The second-order valence-corrected chi connectivity index (χ2v) is 8.67. The molecule has 1 N–H and O–H groups in total. The standard InChI is InChI=1S/C22H25ClF2N8O3/c1-35-15-4-2-3-14-17(15)27-19(18(24)25)33(14)22-29-20(31-7-9-36-10-8-31)28-21(30-22)32-6-5-13(12-32)26-16(34)11-23/h2-4,13,18H,5-12H2,1H3,(H,26,34)/t13-/m1/s1. The van der Waals surface area contributed by atoms with Crippen LogP contribution in [0.15, 0.2) is 18.2 Å². The number of ether oxygens (including phenoxy) is 2. The lowest BCUT2D eigenvalue weighted by Gasteiger charge is -2.28. The van der Waals surface area contributed by atoms with Gasteiger partial charge in [-0.25, -0.2) is 13.8 Å². The van der Waals surface area contributed by atoms with Crippen molar-refractivity contribution in [2.24, 2.45) is 0 Å². The van der Waals surface area contributed by atoms with E-state index in [2.05, 4.69) is 25.3 Å².